The maximum Gasteiger partial charge on any atom is 0.326 e. The minimum absolute atomic E-state index is 0.0708. The van der Waals surface area contributed by atoms with Crippen molar-refractivity contribution in [3.63, 3.8) is 0 Å². The highest BCUT2D eigenvalue weighted by molar-refractivity contribution is 5.85. The van der Waals surface area contributed by atoms with Crippen molar-refractivity contribution in [1.29, 1.82) is 0 Å². The van der Waals surface area contributed by atoms with Crippen LogP contribution in [0.25, 0.3) is 0 Å². The average molecular weight is 257 g/mol. The maximum atomic E-state index is 12.1. The Morgan fingerprint density at radius 3 is 2.61 bits per heavy atom. The third-order valence-corrected chi connectivity index (χ3v) is 3.27. The lowest BCUT2D eigenvalue weighted by Gasteiger charge is -2.21. The molecule has 0 aliphatic carbocycles. The van der Waals surface area contributed by atoms with E-state index in [0.717, 1.165) is 6.42 Å². The van der Waals surface area contributed by atoms with E-state index >= 15 is 0 Å². The minimum Gasteiger partial charge on any atom is -0.480 e. The number of carbonyl (C=O) groups excluding carboxylic acids is 1. The molecule has 1 aliphatic heterocycles. The van der Waals surface area contributed by atoms with Gasteiger partial charge in [0.1, 0.15) is 6.04 Å². The summed E-state index contributed by atoms with van der Waals surface area (Å²) < 4.78 is 5.45. The number of hydrogen-bond donors (Lipinski definition) is 2. The molecular weight excluding hydrogens is 234 g/mol. The van der Waals surface area contributed by atoms with Gasteiger partial charge >= 0.3 is 5.97 Å². The lowest BCUT2D eigenvalue weighted by atomic mass is 9.97. The maximum absolute atomic E-state index is 12.1. The molecule has 1 saturated heterocycles. The van der Waals surface area contributed by atoms with Crippen LogP contribution in [0.3, 0.4) is 0 Å². The molecule has 0 aromatic heterocycles. The zero-order valence-corrected chi connectivity index (χ0v) is 11.3. The molecule has 0 radical (unpaired) electrons. The highest BCUT2D eigenvalue weighted by Gasteiger charge is 2.34. The molecular formula is C13H23NO4. The summed E-state index contributed by atoms with van der Waals surface area (Å²) in [5, 5.41) is 11.7. The summed E-state index contributed by atoms with van der Waals surface area (Å²) in [7, 11) is 0. The second-order valence-electron chi connectivity index (χ2n) is 5.24. The summed E-state index contributed by atoms with van der Waals surface area (Å²) in [6.07, 6.45) is 1.84. The first-order valence-electron chi connectivity index (χ1n) is 6.60. The first-order valence-corrected chi connectivity index (χ1v) is 6.60. The van der Waals surface area contributed by atoms with Crippen LogP contribution in [0, 0.1) is 11.8 Å². The third-order valence-electron chi connectivity index (χ3n) is 3.27. The highest BCUT2D eigenvalue weighted by Crippen LogP contribution is 2.23. The van der Waals surface area contributed by atoms with Gasteiger partial charge in [0, 0.05) is 6.61 Å². The standard InChI is InChI=1S/C13H23NO4/c1-4-11-9(5-6-18-11)12(15)14-10(13(16)17)7-8(2)3/h8-11H,4-7H2,1-3H3,(H,14,15)(H,16,17)/t9?,10-,11?/m0/s1. The lowest BCUT2D eigenvalue weighted by molar-refractivity contribution is -0.143. The van der Waals surface area contributed by atoms with E-state index in [9.17, 15) is 9.59 Å². The molecule has 5 nitrogen and oxygen atoms in total. The largest absolute Gasteiger partial charge is 0.480 e. The monoisotopic (exact) mass is 257 g/mol. The predicted octanol–water partition coefficient (Wildman–Crippen LogP) is 1.42. The fourth-order valence-corrected chi connectivity index (χ4v) is 2.32. The van der Waals surface area contributed by atoms with Gasteiger partial charge in [0.25, 0.3) is 0 Å². The predicted molar refractivity (Wildman–Crippen MR) is 67.2 cm³/mol. The van der Waals surface area contributed by atoms with Gasteiger partial charge in [0.05, 0.1) is 12.0 Å². The van der Waals surface area contributed by atoms with Crippen molar-refractivity contribution >= 4 is 11.9 Å². The number of aliphatic carboxylic acids is 1. The molecule has 3 atom stereocenters. The van der Waals surface area contributed by atoms with E-state index in [1.165, 1.54) is 0 Å². The van der Waals surface area contributed by atoms with E-state index in [1.54, 1.807) is 0 Å². The molecule has 0 aromatic rings. The van der Waals surface area contributed by atoms with E-state index < -0.39 is 12.0 Å². The molecule has 104 valence electrons. The molecule has 1 aliphatic rings. The smallest absolute Gasteiger partial charge is 0.326 e. The number of ether oxygens (including phenoxy) is 1. The minimum atomic E-state index is -0.969. The van der Waals surface area contributed by atoms with Crippen molar-refractivity contribution in [2.75, 3.05) is 6.61 Å². The summed E-state index contributed by atoms with van der Waals surface area (Å²) >= 11 is 0. The lowest BCUT2D eigenvalue weighted by Crippen LogP contribution is -2.45. The van der Waals surface area contributed by atoms with Gasteiger partial charge in [0.15, 0.2) is 0 Å². The molecule has 1 fully saturated rings. The number of carboxylic acid groups (broad SMARTS) is 1. The van der Waals surface area contributed by atoms with Crippen LogP contribution in [-0.4, -0.2) is 35.7 Å². The van der Waals surface area contributed by atoms with Gasteiger partial charge in [-0.15, -0.1) is 0 Å². The fraction of sp³-hybridized carbons (Fsp3) is 0.846. The Morgan fingerprint density at radius 2 is 2.11 bits per heavy atom. The number of hydrogen-bond acceptors (Lipinski definition) is 3. The topological polar surface area (TPSA) is 75.6 Å². The Hall–Kier alpha value is -1.10. The molecule has 0 spiro atoms. The third kappa shape index (κ3) is 3.98. The van der Waals surface area contributed by atoms with Gasteiger partial charge in [-0.3, -0.25) is 4.79 Å². The van der Waals surface area contributed by atoms with Crippen molar-refractivity contribution in [3.8, 4) is 0 Å². The van der Waals surface area contributed by atoms with Crippen molar-refractivity contribution in [2.24, 2.45) is 11.8 Å². The Balaban J connectivity index is 2.58. The molecule has 0 bridgehead atoms. The summed E-state index contributed by atoms with van der Waals surface area (Å²) in [6, 6.07) is -0.796. The molecule has 2 unspecified atom stereocenters. The van der Waals surface area contributed by atoms with Gasteiger partial charge in [-0.2, -0.15) is 0 Å². The molecule has 5 heteroatoms. The Kier molecular flexibility index (Phi) is 5.59. The number of nitrogens with one attached hydrogen (secondary N) is 1. The normalized spacial score (nSPS) is 25.1. The van der Waals surface area contributed by atoms with E-state index in [4.69, 9.17) is 9.84 Å². The quantitative estimate of drug-likeness (QED) is 0.754. The SMILES string of the molecule is CCC1OCCC1C(=O)N[C@@H](CC(C)C)C(=O)O. The zero-order chi connectivity index (χ0) is 13.7. The molecule has 0 saturated carbocycles. The van der Waals surface area contributed by atoms with E-state index in [1.807, 2.05) is 20.8 Å². The van der Waals surface area contributed by atoms with Crippen molar-refractivity contribution in [1.82, 2.24) is 5.32 Å². The van der Waals surface area contributed by atoms with Crippen LogP contribution in [0.15, 0.2) is 0 Å². The van der Waals surface area contributed by atoms with Crippen LogP contribution in [0.4, 0.5) is 0 Å². The van der Waals surface area contributed by atoms with Crippen LogP contribution in [0.1, 0.15) is 40.0 Å². The second-order valence-corrected chi connectivity index (χ2v) is 5.24. The van der Waals surface area contributed by atoms with Gasteiger partial charge in [-0.25, -0.2) is 4.79 Å². The molecule has 1 heterocycles. The Labute approximate surface area is 108 Å². The molecule has 1 amide bonds. The Bertz CT molecular complexity index is 303. The first kappa shape index (κ1) is 15.0. The van der Waals surface area contributed by atoms with Crippen LogP contribution >= 0.6 is 0 Å². The number of amides is 1. The molecule has 18 heavy (non-hydrogen) atoms. The summed E-state index contributed by atoms with van der Waals surface area (Å²) in [5.74, 6) is -1.13. The number of carboxylic acids is 1. The van der Waals surface area contributed by atoms with E-state index in [0.29, 0.717) is 19.4 Å². The van der Waals surface area contributed by atoms with Crippen LogP contribution in [0.5, 0.6) is 0 Å². The van der Waals surface area contributed by atoms with Crippen molar-refractivity contribution in [3.05, 3.63) is 0 Å². The van der Waals surface area contributed by atoms with E-state index in [-0.39, 0.29) is 23.8 Å². The van der Waals surface area contributed by atoms with Gasteiger partial charge in [0.2, 0.25) is 5.91 Å². The Morgan fingerprint density at radius 1 is 1.44 bits per heavy atom. The summed E-state index contributed by atoms with van der Waals surface area (Å²) in [5.41, 5.74) is 0. The summed E-state index contributed by atoms with van der Waals surface area (Å²) in [6.45, 7) is 6.43. The van der Waals surface area contributed by atoms with Gasteiger partial charge in [-0.1, -0.05) is 20.8 Å². The molecule has 2 N–H and O–H groups in total. The van der Waals surface area contributed by atoms with Crippen LogP contribution in [-0.2, 0) is 14.3 Å². The number of carbonyl (C=O) groups is 2. The highest BCUT2D eigenvalue weighted by atomic mass is 16.5. The van der Waals surface area contributed by atoms with Crippen molar-refractivity contribution < 1.29 is 19.4 Å². The first-order chi connectivity index (χ1) is 8.45. The average Bonchev–Trinajstić information content (AvgIpc) is 2.75. The van der Waals surface area contributed by atoms with E-state index in [2.05, 4.69) is 5.32 Å². The molecule has 0 aromatic carbocycles. The molecule has 1 rings (SSSR count). The second kappa shape index (κ2) is 6.73. The van der Waals surface area contributed by atoms with Crippen LogP contribution in [0.2, 0.25) is 0 Å². The number of rotatable bonds is 6. The van der Waals surface area contributed by atoms with Gasteiger partial charge < -0.3 is 15.2 Å². The summed E-state index contributed by atoms with van der Waals surface area (Å²) in [4.78, 5) is 23.1. The fourth-order valence-electron chi connectivity index (χ4n) is 2.32. The van der Waals surface area contributed by atoms with Gasteiger partial charge in [-0.05, 0) is 25.2 Å². The van der Waals surface area contributed by atoms with Crippen molar-refractivity contribution in [2.45, 2.75) is 52.2 Å². The zero-order valence-electron chi connectivity index (χ0n) is 11.3. The van der Waals surface area contributed by atoms with Crippen LogP contribution < -0.4 is 5.32 Å².